The zero-order valence-electron chi connectivity index (χ0n) is 30.3. The fourth-order valence-electron chi connectivity index (χ4n) is 9.20. The molecule has 12 rings (SSSR count). The van der Waals surface area contributed by atoms with E-state index >= 15 is 0 Å². The minimum atomic E-state index is 1.11. The summed E-state index contributed by atoms with van der Waals surface area (Å²) in [4.78, 5) is 4.93. The normalized spacial score (nSPS) is 11.9. The SMILES string of the molecule is c1ccc(N(c2cccc3sc4ccccc4c23)c2ccc(N(c3ccccc3)c3ccccc3)c3c2c2ccc4cccc5c6ccccc6n3c2c45)cc1. The van der Waals surface area contributed by atoms with Crippen LogP contribution in [0.3, 0.4) is 0 Å². The number of nitrogens with zero attached hydrogens (tertiary/aromatic N) is 3. The lowest BCUT2D eigenvalue weighted by atomic mass is 9.98. The summed E-state index contributed by atoms with van der Waals surface area (Å²) < 4.78 is 5.14. The van der Waals surface area contributed by atoms with Crippen molar-refractivity contribution in [2.45, 2.75) is 0 Å². The second-order valence-electron chi connectivity index (χ2n) is 14.5. The van der Waals surface area contributed by atoms with Gasteiger partial charge in [0.25, 0.3) is 0 Å². The van der Waals surface area contributed by atoms with Crippen LogP contribution in [0.4, 0.5) is 34.1 Å². The maximum atomic E-state index is 2.57. The first kappa shape index (κ1) is 31.2. The van der Waals surface area contributed by atoms with Crippen molar-refractivity contribution < 1.29 is 0 Å². The van der Waals surface area contributed by atoms with Crippen molar-refractivity contribution in [3.05, 3.63) is 200 Å². The van der Waals surface area contributed by atoms with Crippen LogP contribution in [0, 0.1) is 0 Å². The molecule has 9 aromatic carbocycles. The van der Waals surface area contributed by atoms with Gasteiger partial charge >= 0.3 is 0 Å². The van der Waals surface area contributed by atoms with Gasteiger partial charge in [0.15, 0.2) is 0 Å². The largest absolute Gasteiger partial charge is 0.309 e. The molecule has 0 aliphatic rings. The van der Waals surface area contributed by atoms with E-state index in [0.717, 1.165) is 28.4 Å². The number of benzene rings is 9. The van der Waals surface area contributed by atoms with Gasteiger partial charge in [-0.05, 0) is 83.6 Å². The molecule has 262 valence electrons. The summed E-state index contributed by atoms with van der Waals surface area (Å²) in [6.45, 7) is 0. The molecule has 0 bridgehead atoms. The van der Waals surface area contributed by atoms with Crippen molar-refractivity contribution in [3.8, 4) is 0 Å². The number of anilines is 6. The van der Waals surface area contributed by atoms with E-state index in [0.29, 0.717) is 0 Å². The minimum absolute atomic E-state index is 1.11. The molecule has 0 saturated heterocycles. The van der Waals surface area contributed by atoms with Gasteiger partial charge in [-0.15, -0.1) is 11.3 Å². The summed E-state index contributed by atoms with van der Waals surface area (Å²) in [7, 11) is 0. The monoisotopic (exact) mass is 731 g/mol. The predicted octanol–water partition coefficient (Wildman–Crippen LogP) is 15.3. The van der Waals surface area contributed by atoms with Crippen molar-refractivity contribution in [2.24, 2.45) is 0 Å². The molecule has 0 N–H and O–H groups in total. The number of para-hydroxylation sites is 4. The first-order chi connectivity index (χ1) is 27.8. The molecule has 0 spiro atoms. The molecule has 0 saturated carbocycles. The zero-order chi connectivity index (χ0) is 36.7. The summed E-state index contributed by atoms with van der Waals surface area (Å²) in [5.74, 6) is 0. The molecule has 0 fully saturated rings. The highest BCUT2D eigenvalue weighted by atomic mass is 32.1. The number of pyridine rings is 1. The molecule has 12 aromatic rings. The molecule has 0 amide bonds. The Balaban J connectivity index is 1.31. The second-order valence-corrected chi connectivity index (χ2v) is 15.6. The molecule has 0 aliphatic carbocycles. The highest BCUT2D eigenvalue weighted by Gasteiger charge is 2.28. The van der Waals surface area contributed by atoms with E-state index in [2.05, 4.69) is 214 Å². The smallest absolute Gasteiger partial charge is 0.0804 e. The molecular weight excluding hydrogens is 699 g/mol. The summed E-state index contributed by atoms with van der Waals surface area (Å²) in [6, 6.07) is 73.2. The topological polar surface area (TPSA) is 10.9 Å². The van der Waals surface area contributed by atoms with Crippen LogP contribution in [0.15, 0.2) is 200 Å². The third-order valence-electron chi connectivity index (χ3n) is 11.5. The third-order valence-corrected chi connectivity index (χ3v) is 12.6. The van der Waals surface area contributed by atoms with E-state index in [4.69, 9.17) is 0 Å². The van der Waals surface area contributed by atoms with Crippen molar-refractivity contribution in [2.75, 3.05) is 9.80 Å². The van der Waals surface area contributed by atoms with Crippen LogP contribution in [0.5, 0.6) is 0 Å². The summed E-state index contributed by atoms with van der Waals surface area (Å²) in [5, 5.41) is 10.1. The van der Waals surface area contributed by atoms with E-state index in [1.165, 1.54) is 74.7 Å². The molecule has 3 aromatic heterocycles. The average molecular weight is 732 g/mol. The van der Waals surface area contributed by atoms with Gasteiger partial charge in [0.05, 0.1) is 33.6 Å². The number of rotatable bonds is 6. The van der Waals surface area contributed by atoms with Crippen LogP contribution in [-0.4, -0.2) is 4.40 Å². The predicted molar refractivity (Wildman–Crippen MR) is 241 cm³/mol. The average Bonchev–Trinajstić information content (AvgIpc) is 3.83. The zero-order valence-corrected chi connectivity index (χ0v) is 31.1. The Morgan fingerprint density at radius 1 is 0.321 bits per heavy atom. The Morgan fingerprint density at radius 3 is 1.64 bits per heavy atom. The lowest BCUT2D eigenvalue weighted by molar-refractivity contribution is 1.26. The maximum absolute atomic E-state index is 2.57. The van der Waals surface area contributed by atoms with Gasteiger partial charge in [0.2, 0.25) is 0 Å². The van der Waals surface area contributed by atoms with Crippen molar-refractivity contribution in [1.82, 2.24) is 4.40 Å². The number of hydrogen-bond donors (Lipinski definition) is 0. The first-order valence-corrected chi connectivity index (χ1v) is 19.9. The first-order valence-electron chi connectivity index (χ1n) is 19.1. The quantitative estimate of drug-likeness (QED) is 0.125. The number of fused-ring (bicyclic) bond motifs is 9. The number of thiophene rings is 1. The molecule has 3 heterocycles. The van der Waals surface area contributed by atoms with Crippen molar-refractivity contribution >= 4 is 115 Å². The standard InChI is InChI=1S/C52H33N3S/c1-4-17-35(18-5-1)53(36-19-6-2-7-20-36)45-33-32-44(54(37-21-8-3-9-22-37)43-27-15-29-47-49(43)40-24-11-13-28-46(40)56-47)50-41-31-30-34-16-14-25-39-38-23-10-12-26-42(38)55(52(45)50)51(41)48(34)39/h1-33H. The highest BCUT2D eigenvalue weighted by Crippen LogP contribution is 2.53. The number of aromatic nitrogens is 1. The molecule has 4 heteroatoms. The van der Waals surface area contributed by atoms with Crippen LogP contribution >= 0.6 is 11.3 Å². The Hall–Kier alpha value is -7.14. The van der Waals surface area contributed by atoms with Gasteiger partial charge < -0.3 is 14.2 Å². The molecule has 0 unspecified atom stereocenters. The van der Waals surface area contributed by atoms with E-state index in [1.807, 2.05) is 11.3 Å². The Kier molecular flexibility index (Phi) is 6.80. The van der Waals surface area contributed by atoms with E-state index < -0.39 is 0 Å². The van der Waals surface area contributed by atoms with Gasteiger partial charge in [-0.1, -0.05) is 127 Å². The fraction of sp³-hybridized carbons (Fsp3) is 0. The Labute approximate surface area is 327 Å². The molecule has 0 atom stereocenters. The molecular formula is C52H33N3S. The van der Waals surface area contributed by atoms with Gasteiger partial charge in [0.1, 0.15) is 0 Å². The Bertz CT molecular complexity index is 3380. The van der Waals surface area contributed by atoms with Crippen LogP contribution in [0.25, 0.3) is 69.0 Å². The fourth-order valence-corrected chi connectivity index (χ4v) is 10.3. The van der Waals surface area contributed by atoms with E-state index in [9.17, 15) is 0 Å². The van der Waals surface area contributed by atoms with E-state index in [1.54, 1.807) is 0 Å². The summed E-state index contributed by atoms with van der Waals surface area (Å²) in [6.07, 6.45) is 0. The van der Waals surface area contributed by atoms with Crippen molar-refractivity contribution in [3.63, 3.8) is 0 Å². The van der Waals surface area contributed by atoms with Gasteiger partial charge in [-0.3, -0.25) is 0 Å². The highest BCUT2D eigenvalue weighted by molar-refractivity contribution is 7.26. The lowest BCUT2D eigenvalue weighted by Crippen LogP contribution is -2.13. The van der Waals surface area contributed by atoms with E-state index in [-0.39, 0.29) is 0 Å². The summed E-state index contributed by atoms with van der Waals surface area (Å²) in [5.41, 5.74) is 10.4. The minimum Gasteiger partial charge on any atom is -0.309 e. The van der Waals surface area contributed by atoms with Crippen LogP contribution in [0.1, 0.15) is 0 Å². The molecule has 0 aliphatic heterocycles. The van der Waals surface area contributed by atoms with Gasteiger partial charge in [-0.25, -0.2) is 0 Å². The molecule has 0 radical (unpaired) electrons. The van der Waals surface area contributed by atoms with Crippen LogP contribution < -0.4 is 9.80 Å². The number of hydrogen-bond acceptors (Lipinski definition) is 3. The molecule has 3 nitrogen and oxygen atoms in total. The van der Waals surface area contributed by atoms with Crippen molar-refractivity contribution in [1.29, 1.82) is 0 Å². The van der Waals surface area contributed by atoms with Gasteiger partial charge in [-0.2, -0.15) is 0 Å². The van der Waals surface area contributed by atoms with Crippen LogP contribution in [0.2, 0.25) is 0 Å². The Morgan fingerprint density at radius 2 is 0.893 bits per heavy atom. The van der Waals surface area contributed by atoms with Gasteiger partial charge in [0, 0.05) is 58.8 Å². The van der Waals surface area contributed by atoms with Crippen LogP contribution in [-0.2, 0) is 0 Å². The third kappa shape index (κ3) is 4.45. The second kappa shape index (κ2) is 12.2. The maximum Gasteiger partial charge on any atom is 0.0804 e. The molecule has 56 heavy (non-hydrogen) atoms. The summed E-state index contributed by atoms with van der Waals surface area (Å²) >= 11 is 1.86. The lowest BCUT2D eigenvalue weighted by Gasteiger charge is -2.30.